The summed E-state index contributed by atoms with van der Waals surface area (Å²) in [6.45, 7) is 4.85. The Hall–Kier alpha value is -1.65. The lowest BCUT2D eigenvalue weighted by atomic mass is 9.90. The van der Waals surface area contributed by atoms with Gasteiger partial charge in [-0.25, -0.2) is 4.98 Å². The van der Waals surface area contributed by atoms with Crippen LogP contribution < -0.4 is 0 Å². The number of piperidine rings is 1. The minimum absolute atomic E-state index is 0.0506. The van der Waals surface area contributed by atoms with Gasteiger partial charge in [0, 0.05) is 47.9 Å². The van der Waals surface area contributed by atoms with Crippen molar-refractivity contribution in [3.05, 3.63) is 52.6 Å². The first-order valence-electron chi connectivity index (χ1n) is 9.20. The second kappa shape index (κ2) is 8.63. The van der Waals surface area contributed by atoms with E-state index in [0.29, 0.717) is 5.02 Å². The molecule has 1 atom stereocenters. The lowest BCUT2D eigenvalue weighted by Gasteiger charge is -2.31. The molecule has 1 fully saturated rings. The minimum Gasteiger partial charge on any atom is -0.345 e. The number of H-pyrrole nitrogens is 1. The predicted molar refractivity (Wildman–Crippen MR) is 101 cm³/mol. The number of nitrogens with one attached hydrogen (secondary N) is 1. The molecular formula is C20H26ClN3O. The minimum atomic E-state index is 0.0506. The number of ketones is 1. The summed E-state index contributed by atoms with van der Waals surface area (Å²) in [4.78, 5) is 23.0. The van der Waals surface area contributed by atoms with Gasteiger partial charge in [-0.05, 0) is 37.9 Å². The monoisotopic (exact) mass is 359 g/mol. The summed E-state index contributed by atoms with van der Waals surface area (Å²) in [5, 5.41) is 0.621. The Balaban J connectivity index is 1.59. The van der Waals surface area contributed by atoms with Crippen molar-refractivity contribution in [2.75, 3.05) is 13.1 Å². The molecule has 5 heteroatoms. The third kappa shape index (κ3) is 4.93. The van der Waals surface area contributed by atoms with Gasteiger partial charge in [0.2, 0.25) is 0 Å². The molecule has 3 rings (SSSR count). The number of Topliss-reactive ketones (excluding diaryl/α,β-unsaturated/α-hetero) is 1. The molecule has 0 radical (unpaired) electrons. The van der Waals surface area contributed by atoms with Crippen LogP contribution in [0, 0.1) is 5.92 Å². The summed E-state index contributed by atoms with van der Waals surface area (Å²) in [7, 11) is 0. The summed E-state index contributed by atoms with van der Waals surface area (Å²) >= 11 is 6.03. The van der Waals surface area contributed by atoms with Crippen molar-refractivity contribution >= 4 is 17.4 Å². The number of carbonyl (C=O) groups is 1. The molecule has 2 aromatic rings. The Morgan fingerprint density at radius 1 is 1.44 bits per heavy atom. The maximum Gasteiger partial charge on any atom is 0.167 e. The Labute approximate surface area is 154 Å². The van der Waals surface area contributed by atoms with Gasteiger partial charge in [0.25, 0.3) is 0 Å². The highest BCUT2D eigenvalue weighted by Gasteiger charge is 2.27. The normalized spacial score (nSPS) is 18.4. The van der Waals surface area contributed by atoms with E-state index in [2.05, 4.69) is 21.8 Å². The number of halogens is 1. The summed E-state index contributed by atoms with van der Waals surface area (Å²) < 4.78 is 0. The van der Waals surface area contributed by atoms with Gasteiger partial charge in [0.15, 0.2) is 5.78 Å². The molecule has 1 aliphatic rings. The number of rotatable bonds is 7. The molecule has 1 aromatic carbocycles. The zero-order chi connectivity index (χ0) is 17.6. The summed E-state index contributed by atoms with van der Waals surface area (Å²) in [6.07, 6.45) is 7.28. The van der Waals surface area contributed by atoms with E-state index in [1.807, 2.05) is 18.3 Å². The number of nitrogens with zero attached hydrogens (tertiary/aromatic N) is 2. The van der Waals surface area contributed by atoms with Crippen LogP contribution in [0.1, 0.15) is 54.5 Å². The lowest BCUT2D eigenvalue weighted by molar-refractivity contribution is 0.0810. The number of benzene rings is 1. The average molecular weight is 360 g/mol. The molecule has 0 bridgehead atoms. The number of aromatic nitrogens is 2. The highest BCUT2D eigenvalue weighted by molar-refractivity contribution is 6.31. The Bertz CT molecular complexity index is 712. The first kappa shape index (κ1) is 18.2. The molecule has 25 heavy (non-hydrogen) atoms. The third-order valence-electron chi connectivity index (χ3n) is 4.83. The van der Waals surface area contributed by atoms with E-state index in [1.165, 1.54) is 6.42 Å². The molecule has 0 saturated carbocycles. The summed E-state index contributed by atoms with van der Waals surface area (Å²) in [5.74, 6) is 1.33. The fourth-order valence-electron chi connectivity index (χ4n) is 3.49. The van der Waals surface area contributed by atoms with E-state index in [4.69, 9.17) is 11.6 Å². The Morgan fingerprint density at radius 3 is 3.12 bits per heavy atom. The van der Waals surface area contributed by atoms with Gasteiger partial charge in [0.1, 0.15) is 5.82 Å². The van der Waals surface area contributed by atoms with Crippen LogP contribution in [-0.2, 0) is 13.0 Å². The van der Waals surface area contributed by atoms with Crippen LogP contribution in [0.5, 0.6) is 0 Å². The van der Waals surface area contributed by atoms with E-state index in [-0.39, 0.29) is 11.7 Å². The van der Waals surface area contributed by atoms with Gasteiger partial charge < -0.3 is 4.98 Å². The molecule has 2 heterocycles. The first-order chi connectivity index (χ1) is 12.2. The predicted octanol–water partition coefficient (Wildman–Crippen LogP) is 4.50. The molecule has 1 aromatic heterocycles. The zero-order valence-electron chi connectivity index (χ0n) is 14.8. The number of carbonyl (C=O) groups excluding carboxylic acids is 1. The Kier molecular flexibility index (Phi) is 6.27. The van der Waals surface area contributed by atoms with E-state index in [9.17, 15) is 4.79 Å². The molecule has 134 valence electrons. The van der Waals surface area contributed by atoms with E-state index in [0.717, 1.165) is 62.4 Å². The van der Waals surface area contributed by atoms with E-state index < -0.39 is 0 Å². The number of aromatic amines is 1. The lowest BCUT2D eigenvalue weighted by Crippen LogP contribution is -2.38. The molecular weight excluding hydrogens is 334 g/mol. The topological polar surface area (TPSA) is 49.0 Å². The fourth-order valence-corrected chi connectivity index (χ4v) is 3.68. The molecule has 1 saturated heterocycles. The van der Waals surface area contributed by atoms with Crippen LogP contribution >= 0.6 is 11.6 Å². The number of likely N-dealkylation sites (tertiary alicyclic amines) is 1. The molecule has 0 spiro atoms. The SMILES string of the molecule is CCCCc1ncc(CN2CCCC(C(=O)c3cccc(Cl)c3)C2)[nH]1. The van der Waals surface area contributed by atoms with Crippen molar-refractivity contribution in [1.29, 1.82) is 0 Å². The second-order valence-electron chi connectivity index (χ2n) is 6.91. The van der Waals surface area contributed by atoms with Crippen LogP contribution in [0.3, 0.4) is 0 Å². The second-order valence-corrected chi connectivity index (χ2v) is 7.34. The maximum atomic E-state index is 12.8. The molecule has 1 unspecified atom stereocenters. The van der Waals surface area contributed by atoms with Crippen molar-refractivity contribution in [3.8, 4) is 0 Å². The van der Waals surface area contributed by atoms with Gasteiger partial charge in [-0.2, -0.15) is 0 Å². The largest absolute Gasteiger partial charge is 0.345 e. The number of hydrogen-bond acceptors (Lipinski definition) is 3. The summed E-state index contributed by atoms with van der Waals surface area (Å²) in [6, 6.07) is 7.29. The summed E-state index contributed by atoms with van der Waals surface area (Å²) in [5.41, 5.74) is 1.87. The number of unbranched alkanes of at least 4 members (excludes halogenated alkanes) is 1. The first-order valence-corrected chi connectivity index (χ1v) is 9.58. The van der Waals surface area contributed by atoms with Gasteiger partial charge in [0.05, 0.1) is 0 Å². The van der Waals surface area contributed by atoms with E-state index in [1.54, 1.807) is 12.1 Å². The Morgan fingerprint density at radius 2 is 2.32 bits per heavy atom. The average Bonchev–Trinajstić information content (AvgIpc) is 3.07. The highest BCUT2D eigenvalue weighted by atomic mass is 35.5. The van der Waals surface area contributed by atoms with Crippen LogP contribution in [0.25, 0.3) is 0 Å². The number of aryl methyl sites for hydroxylation is 1. The number of imidazole rings is 1. The fraction of sp³-hybridized carbons (Fsp3) is 0.500. The maximum absolute atomic E-state index is 12.8. The van der Waals surface area contributed by atoms with Crippen LogP contribution in [-0.4, -0.2) is 33.7 Å². The highest BCUT2D eigenvalue weighted by Crippen LogP contribution is 2.23. The molecule has 0 amide bonds. The molecule has 4 nitrogen and oxygen atoms in total. The van der Waals surface area contributed by atoms with Gasteiger partial charge >= 0.3 is 0 Å². The zero-order valence-corrected chi connectivity index (χ0v) is 15.6. The van der Waals surface area contributed by atoms with Gasteiger partial charge in [-0.1, -0.05) is 37.1 Å². The van der Waals surface area contributed by atoms with Crippen LogP contribution in [0.4, 0.5) is 0 Å². The van der Waals surface area contributed by atoms with Crippen LogP contribution in [0.15, 0.2) is 30.5 Å². The smallest absolute Gasteiger partial charge is 0.167 e. The van der Waals surface area contributed by atoms with Crippen molar-refractivity contribution in [3.63, 3.8) is 0 Å². The molecule has 0 aliphatic carbocycles. The quantitative estimate of drug-likeness (QED) is 0.740. The molecule has 1 aliphatic heterocycles. The molecule has 1 N–H and O–H groups in total. The van der Waals surface area contributed by atoms with Crippen molar-refractivity contribution in [2.24, 2.45) is 5.92 Å². The number of hydrogen-bond donors (Lipinski definition) is 1. The van der Waals surface area contributed by atoms with Crippen molar-refractivity contribution in [2.45, 2.75) is 45.6 Å². The standard InChI is InChI=1S/C20H26ClN3O/c1-2-3-9-19-22-12-18(23-19)14-24-10-5-7-16(13-24)20(25)15-6-4-8-17(21)11-15/h4,6,8,11-12,16H,2-3,5,7,9-10,13-14H2,1H3,(H,22,23). The van der Waals surface area contributed by atoms with Crippen molar-refractivity contribution in [1.82, 2.24) is 14.9 Å². The van der Waals surface area contributed by atoms with E-state index >= 15 is 0 Å². The van der Waals surface area contributed by atoms with Gasteiger partial charge in [-0.15, -0.1) is 0 Å². The van der Waals surface area contributed by atoms with Crippen molar-refractivity contribution < 1.29 is 4.79 Å². The van der Waals surface area contributed by atoms with Crippen LogP contribution in [0.2, 0.25) is 5.02 Å². The third-order valence-corrected chi connectivity index (χ3v) is 5.06. The van der Waals surface area contributed by atoms with Gasteiger partial charge in [-0.3, -0.25) is 9.69 Å².